The Bertz CT molecular complexity index is 731. The van der Waals surface area contributed by atoms with Gasteiger partial charge in [0.15, 0.2) is 4.77 Å². The summed E-state index contributed by atoms with van der Waals surface area (Å²) >= 11 is 5.20. The van der Waals surface area contributed by atoms with Gasteiger partial charge in [-0.3, -0.25) is 19.3 Å². The van der Waals surface area contributed by atoms with Gasteiger partial charge in [-0.25, -0.2) is 0 Å². The second kappa shape index (κ2) is 8.94. The van der Waals surface area contributed by atoms with Gasteiger partial charge in [0.1, 0.15) is 5.56 Å². The van der Waals surface area contributed by atoms with E-state index < -0.39 is 5.56 Å². The van der Waals surface area contributed by atoms with Crippen molar-refractivity contribution in [1.82, 2.24) is 14.5 Å². The topological polar surface area (TPSA) is 73.6 Å². The van der Waals surface area contributed by atoms with Crippen LogP contribution >= 0.6 is 12.2 Å². The summed E-state index contributed by atoms with van der Waals surface area (Å²) in [6.45, 7) is 1.91. The molecule has 1 aromatic heterocycles. The van der Waals surface area contributed by atoms with Gasteiger partial charge in [0.25, 0.3) is 5.56 Å². The first-order valence-electron chi connectivity index (χ1n) is 8.37. The Morgan fingerprint density at radius 3 is 2.92 bits per heavy atom. The van der Waals surface area contributed by atoms with Crippen LogP contribution in [0.1, 0.15) is 37.7 Å². The van der Waals surface area contributed by atoms with Crippen LogP contribution in [0.25, 0.3) is 0 Å². The van der Waals surface area contributed by atoms with Crippen molar-refractivity contribution in [3.05, 3.63) is 32.3 Å². The van der Waals surface area contributed by atoms with Crippen molar-refractivity contribution >= 4 is 18.4 Å². The maximum absolute atomic E-state index is 12.0. The number of hydrogen-bond acceptors (Lipinski definition) is 5. The van der Waals surface area contributed by atoms with E-state index in [2.05, 4.69) is 16.1 Å². The number of aliphatic imine (C=N–C) groups is 1. The maximum Gasteiger partial charge on any atom is 0.264 e. The van der Waals surface area contributed by atoms with Gasteiger partial charge >= 0.3 is 0 Å². The highest BCUT2D eigenvalue weighted by atomic mass is 32.1. The van der Waals surface area contributed by atoms with Crippen LogP contribution in [0.3, 0.4) is 0 Å². The monoisotopic (exact) mass is 350 g/mol. The fraction of sp³-hybridized carbons (Fsp3) is 0.588. The Labute approximate surface area is 147 Å². The molecule has 1 aliphatic rings. The number of H-pyrrole nitrogens is 1. The summed E-state index contributed by atoms with van der Waals surface area (Å²) < 4.78 is 1.83. The van der Waals surface area contributed by atoms with Gasteiger partial charge in [0.2, 0.25) is 5.88 Å². The Morgan fingerprint density at radius 2 is 2.25 bits per heavy atom. The number of hydrogen-bond donors (Lipinski definition) is 2. The van der Waals surface area contributed by atoms with E-state index >= 15 is 0 Å². The van der Waals surface area contributed by atoms with Gasteiger partial charge in [-0.1, -0.05) is 11.6 Å². The van der Waals surface area contributed by atoms with E-state index in [0.29, 0.717) is 13.1 Å². The average Bonchev–Trinajstić information content (AvgIpc) is 2.54. The molecule has 0 atom stereocenters. The van der Waals surface area contributed by atoms with E-state index in [1.54, 1.807) is 4.57 Å². The zero-order valence-electron chi connectivity index (χ0n) is 14.4. The minimum absolute atomic E-state index is 0.103. The van der Waals surface area contributed by atoms with E-state index in [9.17, 15) is 9.90 Å². The van der Waals surface area contributed by atoms with Gasteiger partial charge in [-0.15, -0.1) is 0 Å². The predicted molar refractivity (Wildman–Crippen MR) is 99.7 cm³/mol. The summed E-state index contributed by atoms with van der Waals surface area (Å²) in [5.41, 5.74) is 1.16. The molecule has 0 saturated heterocycles. The number of likely N-dealkylation sites (N-methyl/N-ethyl adjacent to an activating group) is 1. The third-order valence-electron chi connectivity index (χ3n) is 4.15. The normalized spacial score (nSPS) is 15.2. The van der Waals surface area contributed by atoms with Crippen LogP contribution in [0.4, 0.5) is 0 Å². The van der Waals surface area contributed by atoms with Gasteiger partial charge in [0, 0.05) is 19.3 Å². The lowest BCUT2D eigenvalue weighted by atomic mass is 9.97. The first-order chi connectivity index (χ1) is 11.5. The third kappa shape index (κ3) is 5.14. The van der Waals surface area contributed by atoms with Crippen molar-refractivity contribution in [3.8, 4) is 5.88 Å². The highest BCUT2D eigenvalue weighted by Crippen LogP contribution is 2.22. The molecule has 24 heavy (non-hydrogen) atoms. The Morgan fingerprint density at radius 1 is 1.46 bits per heavy atom. The molecule has 7 heteroatoms. The molecular formula is C17H26N4O2S. The molecule has 0 amide bonds. The average molecular weight is 350 g/mol. The van der Waals surface area contributed by atoms with Crippen molar-refractivity contribution in [1.29, 1.82) is 0 Å². The van der Waals surface area contributed by atoms with Crippen LogP contribution in [0.5, 0.6) is 5.88 Å². The number of aromatic nitrogens is 2. The number of allylic oxidation sites excluding steroid dienone is 2. The number of aromatic amines is 1. The molecule has 1 aliphatic carbocycles. The molecule has 6 nitrogen and oxygen atoms in total. The van der Waals surface area contributed by atoms with Crippen LogP contribution in [0, 0.1) is 4.77 Å². The molecule has 0 radical (unpaired) electrons. The van der Waals surface area contributed by atoms with Crippen LogP contribution < -0.4 is 5.56 Å². The molecule has 0 bridgehead atoms. The molecule has 2 N–H and O–H groups in total. The number of nitrogens with one attached hydrogen (secondary N) is 1. The molecule has 0 saturated carbocycles. The third-order valence-corrected chi connectivity index (χ3v) is 4.47. The summed E-state index contributed by atoms with van der Waals surface area (Å²) in [5, 5.41) is 10.4. The molecule has 0 fully saturated rings. The molecule has 2 rings (SSSR count). The number of aromatic hydroxyl groups is 1. The smallest absolute Gasteiger partial charge is 0.264 e. The fourth-order valence-corrected chi connectivity index (χ4v) is 2.97. The van der Waals surface area contributed by atoms with Gasteiger partial charge < -0.3 is 10.0 Å². The Kier molecular flexibility index (Phi) is 6.93. The molecule has 132 valence electrons. The van der Waals surface area contributed by atoms with Crippen LogP contribution in [-0.4, -0.2) is 53.0 Å². The first kappa shape index (κ1) is 18.6. The lowest BCUT2D eigenvalue weighted by Crippen LogP contribution is -2.20. The van der Waals surface area contributed by atoms with E-state index in [-0.39, 0.29) is 16.2 Å². The number of nitrogens with zero attached hydrogens (tertiary/aromatic N) is 3. The van der Waals surface area contributed by atoms with Crippen molar-refractivity contribution in [3.63, 3.8) is 0 Å². The molecule has 0 aromatic carbocycles. The predicted octanol–water partition coefficient (Wildman–Crippen LogP) is 2.48. The minimum atomic E-state index is -0.403. The lowest BCUT2D eigenvalue weighted by molar-refractivity contribution is 0.401. The van der Waals surface area contributed by atoms with Crippen LogP contribution in [-0.2, 0) is 6.54 Å². The maximum atomic E-state index is 12.0. The fourth-order valence-electron chi connectivity index (χ4n) is 2.70. The zero-order chi connectivity index (χ0) is 17.5. The van der Waals surface area contributed by atoms with Crippen molar-refractivity contribution in [2.24, 2.45) is 4.99 Å². The Balaban J connectivity index is 2.16. The first-order valence-corrected chi connectivity index (χ1v) is 8.78. The standard InChI is InChI=1S/C17H26N4O2S/c1-20(2)11-9-18-12-14-15(22)19-17(24)21(16(14)23)10-8-13-6-4-3-5-7-13/h6,12,23H,3-5,7-11H2,1-2H3,(H,19,22,24). The quantitative estimate of drug-likeness (QED) is 0.450. The van der Waals surface area contributed by atoms with E-state index in [1.807, 2.05) is 19.0 Å². The van der Waals surface area contributed by atoms with E-state index in [0.717, 1.165) is 25.8 Å². The lowest BCUT2D eigenvalue weighted by Gasteiger charge is -2.15. The molecule has 1 aromatic rings. The van der Waals surface area contributed by atoms with Crippen molar-refractivity contribution < 1.29 is 5.11 Å². The largest absolute Gasteiger partial charge is 0.494 e. The zero-order valence-corrected chi connectivity index (χ0v) is 15.2. The number of rotatable bonds is 7. The molecule has 0 unspecified atom stereocenters. The summed E-state index contributed by atoms with van der Waals surface area (Å²) in [4.78, 5) is 20.9. The van der Waals surface area contributed by atoms with Gasteiger partial charge in [-0.2, -0.15) is 0 Å². The molecule has 0 spiro atoms. The van der Waals surface area contributed by atoms with E-state index in [4.69, 9.17) is 12.2 Å². The summed E-state index contributed by atoms with van der Waals surface area (Å²) in [7, 11) is 3.92. The minimum Gasteiger partial charge on any atom is -0.494 e. The molecular weight excluding hydrogens is 324 g/mol. The van der Waals surface area contributed by atoms with Crippen molar-refractivity contribution in [2.45, 2.75) is 38.6 Å². The molecule has 1 heterocycles. The summed E-state index contributed by atoms with van der Waals surface area (Å²) in [5.74, 6) is -0.103. The second-order valence-corrected chi connectivity index (χ2v) is 6.73. The highest BCUT2D eigenvalue weighted by Gasteiger charge is 2.12. The van der Waals surface area contributed by atoms with Gasteiger partial charge in [-0.05, 0) is 58.4 Å². The summed E-state index contributed by atoms with van der Waals surface area (Å²) in [6.07, 6.45) is 9.25. The Hall–Kier alpha value is -1.73. The highest BCUT2D eigenvalue weighted by molar-refractivity contribution is 7.71. The SMILES string of the molecule is CN(C)CCN=Cc1c(O)n(CCC2=CCCCC2)c(=S)[nH]c1=O. The van der Waals surface area contributed by atoms with Gasteiger partial charge in [0.05, 0.1) is 6.54 Å². The van der Waals surface area contributed by atoms with Crippen molar-refractivity contribution in [2.75, 3.05) is 27.2 Å². The second-order valence-electron chi connectivity index (χ2n) is 6.34. The summed E-state index contributed by atoms with van der Waals surface area (Å²) in [6, 6.07) is 0. The molecule has 0 aliphatic heterocycles. The van der Waals surface area contributed by atoms with Crippen LogP contribution in [0.15, 0.2) is 21.4 Å². The van der Waals surface area contributed by atoms with E-state index in [1.165, 1.54) is 24.6 Å². The van der Waals surface area contributed by atoms with Crippen LogP contribution in [0.2, 0.25) is 0 Å².